The molecule has 220 valence electrons. The van der Waals surface area contributed by atoms with E-state index in [-0.39, 0.29) is 6.10 Å². The molecule has 0 spiro atoms. The average molecular weight is 577 g/mol. The summed E-state index contributed by atoms with van der Waals surface area (Å²) in [6, 6.07) is 26.4. The van der Waals surface area contributed by atoms with E-state index in [1.165, 1.54) is 0 Å². The Morgan fingerprint density at radius 3 is 1.88 bits per heavy atom. The molecule has 0 bridgehead atoms. The summed E-state index contributed by atoms with van der Waals surface area (Å²) in [6.45, 7) is 14.4. The number of carbonyl (C=O) groups excluding carboxylic acids is 3. The molecule has 0 radical (unpaired) electrons. The Balaban J connectivity index is 1.42. The number of benzene rings is 4. The Bertz CT molecular complexity index is 1660. The molecule has 4 rings (SSSR count). The van der Waals surface area contributed by atoms with Gasteiger partial charge < -0.3 is 14.2 Å². The molecule has 0 saturated carbocycles. The number of esters is 3. The standard InChI is InChI=1S/C37H36O6/c1-7-8-34(43-36(39)24(4)5)27-17-19-33(20-18-27)42-37(40)28-11-9-26(10-12-28)30-15-16-31-21-29(13-14-32(31)22-30)25(6)41-35(38)23(2)3/h9-22,25,34H,2,4,7-8H2,1,3,5-6H3. The molecule has 0 heterocycles. The van der Waals surface area contributed by atoms with Crippen LogP contribution in [0.25, 0.3) is 21.9 Å². The molecule has 0 aromatic heterocycles. The van der Waals surface area contributed by atoms with Crippen molar-refractivity contribution >= 4 is 28.7 Å². The summed E-state index contributed by atoms with van der Waals surface area (Å²) >= 11 is 0. The third-order valence-electron chi connectivity index (χ3n) is 7.03. The van der Waals surface area contributed by atoms with Crippen molar-refractivity contribution in [2.45, 2.75) is 52.7 Å². The topological polar surface area (TPSA) is 78.9 Å². The highest BCUT2D eigenvalue weighted by Crippen LogP contribution is 2.29. The molecule has 6 heteroatoms. The Labute approximate surface area is 252 Å². The van der Waals surface area contributed by atoms with E-state index < -0.39 is 24.0 Å². The van der Waals surface area contributed by atoms with Gasteiger partial charge in [0.25, 0.3) is 0 Å². The van der Waals surface area contributed by atoms with Crippen LogP contribution in [0.5, 0.6) is 5.75 Å². The lowest BCUT2D eigenvalue weighted by Gasteiger charge is -2.18. The van der Waals surface area contributed by atoms with Crippen molar-refractivity contribution in [3.05, 3.63) is 126 Å². The highest BCUT2D eigenvalue weighted by atomic mass is 16.5. The SMILES string of the molecule is C=C(C)C(=O)OC(C)c1ccc2cc(-c3ccc(C(=O)Oc4ccc(C(CCC)OC(=O)C(=C)C)cc4)cc3)ccc2c1. The summed E-state index contributed by atoms with van der Waals surface area (Å²) in [6.07, 6.45) is 0.741. The third kappa shape index (κ3) is 7.86. The molecule has 0 fully saturated rings. The Hall–Kier alpha value is -4.97. The Kier molecular flexibility index (Phi) is 9.94. The highest BCUT2D eigenvalue weighted by Gasteiger charge is 2.18. The van der Waals surface area contributed by atoms with Gasteiger partial charge in [0.2, 0.25) is 0 Å². The lowest BCUT2D eigenvalue weighted by molar-refractivity contribution is -0.145. The average Bonchev–Trinajstić information content (AvgIpc) is 3.00. The van der Waals surface area contributed by atoms with Gasteiger partial charge in [0.1, 0.15) is 18.0 Å². The molecule has 4 aromatic carbocycles. The molecule has 0 aliphatic rings. The van der Waals surface area contributed by atoms with Crippen molar-refractivity contribution in [2.24, 2.45) is 0 Å². The molecule has 0 aliphatic carbocycles. The Morgan fingerprint density at radius 2 is 1.26 bits per heavy atom. The molecule has 0 N–H and O–H groups in total. The highest BCUT2D eigenvalue weighted by molar-refractivity contribution is 5.93. The van der Waals surface area contributed by atoms with E-state index in [9.17, 15) is 14.4 Å². The van der Waals surface area contributed by atoms with Gasteiger partial charge in [-0.15, -0.1) is 0 Å². The molecule has 0 amide bonds. The van der Waals surface area contributed by atoms with Crippen LogP contribution in [0.3, 0.4) is 0 Å². The molecule has 0 aliphatic heterocycles. The zero-order chi connectivity index (χ0) is 31.1. The maximum Gasteiger partial charge on any atom is 0.343 e. The first-order valence-electron chi connectivity index (χ1n) is 14.2. The zero-order valence-corrected chi connectivity index (χ0v) is 25.0. The van der Waals surface area contributed by atoms with Gasteiger partial charge in [0, 0.05) is 11.1 Å². The van der Waals surface area contributed by atoms with Crippen molar-refractivity contribution in [3.63, 3.8) is 0 Å². The minimum absolute atomic E-state index is 0.349. The van der Waals surface area contributed by atoms with Gasteiger partial charge in [-0.3, -0.25) is 0 Å². The maximum atomic E-state index is 12.8. The molecule has 6 nitrogen and oxygen atoms in total. The van der Waals surface area contributed by atoms with Gasteiger partial charge in [0.15, 0.2) is 0 Å². The lowest BCUT2D eigenvalue weighted by atomic mass is 9.98. The second-order valence-electron chi connectivity index (χ2n) is 10.6. The van der Waals surface area contributed by atoms with Crippen molar-refractivity contribution in [1.29, 1.82) is 0 Å². The molecule has 0 saturated heterocycles. The number of hydrogen-bond donors (Lipinski definition) is 0. The molecule has 2 atom stereocenters. The molecule has 2 unspecified atom stereocenters. The number of ether oxygens (including phenoxy) is 3. The van der Waals surface area contributed by atoms with Gasteiger partial charge >= 0.3 is 17.9 Å². The molecular formula is C37H36O6. The van der Waals surface area contributed by atoms with Gasteiger partial charge in [-0.2, -0.15) is 0 Å². The van der Waals surface area contributed by atoms with E-state index in [4.69, 9.17) is 14.2 Å². The van der Waals surface area contributed by atoms with Crippen LogP contribution < -0.4 is 4.74 Å². The van der Waals surface area contributed by atoms with E-state index in [2.05, 4.69) is 19.2 Å². The van der Waals surface area contributed by atoms with E-state index >= 15 is 0 Å². The van der Waals surface area contributed by atoms with E-state index in [0.29, 0.717) is 28.9 Å². The van der Waals surface area contributed by atoms with Crippen molar-refractivity contribution in [3.8, 4) is 16.9 Å². The van der Waals surface area contributed by atoms with Crippen LogP contribution in [0.15, 0.2) is 109 Å². The summed E-state index contributed by atoms with van der Waals surface area (Å²) in [5.74, 6) is -0.904. The molecular weight excluding hydrogens is 540 g/mol. The van der Waals surface area contributed by atoms with Gasteiger partial charge in [-0.05, 0) is 96.6 Å². The second kappa shape index (κ2) is 13.8. The fourth-order valence-corrected chi connectivity index (χ4v) is 4.53. The van der Waals surface area contributed by atoms with E-state index in [1.54, 1.807) is 50.2 Å². The number of hydrogen-bond acceptors (Lipinski definition) is 6. The smallest absolute Gasteiger partial charge is 0.343 e. The quantitative estimate of drug-likeness (QED) is 0.101. The van der Waals surface area contributed by atoms with Gasteiger partial charge in [-0.1, -0.05) is 75.0 Å². The summed E-state index contributed by atoms with van der Waals surface area (Å²) in [7, 11) is 0. The van der Waals surface area contributed by atoms with E-state index in [0.717, 1.165) is 39.4 Å². The number of rotatable bonds is 11. The van der Waals surface area contributed by atoms with Crippen LogP contribution in [0, 0.1) is 0 Å². The van der Waals surface area contributed by atoms with Crippen LogP contribution in [0.1, 0.15) is 74.2 Å². The van der Waals surface area contributed by atoms with Crippen molar-refractivity contribution < 1.29 is 28.6 Å². The van der Waals surface area contributed by atoms with Crippen LogP contribution in [-0.4, -0.2) is 17.9 Å². The number of carbonyl (C=O) groups is 3. The normalized spacial score (nSPS) is 12.2. The summed E-state index contributed by atoms with van der Waals surface area (Å²) in [5, 5.41) is 2.07. The first-order chi connectivity index (χ1) is 20.5. The fourth-order valence-electron chi connectivity index (χ4n) is 4.53. The minimum atomic E-state index is -0.467. The summed E-state index contributed by atoms with van der Waals surface area (Å²) in [5.41, 5.74) is 4.84. The van der Waals surface area contributed by atoms with Crippen molar-refractivity contribution in [2.75, 3.05) is 0 Å². The van der Waals surface area contributed by atoms with E-state index in [1.807, 2.05) is 56.3 Å². The van der Waals surface area contributed by atoms with Crippen molar-refractivity contribution in [1.82, 2.24) is 0 Å². The summed E-state index contributed by atoms with van der Waals surface area (Å²) < 4.78 is 16.6. The largest absolute Gasteiger partial charge is 0.454 e. The fraction of sp³-hybridized carbons (Fsp3) is 0.216. The predicted octanol–water partition coefficient (Wildman–Crippen LogP) is 8.87. The van der Waals surface area contributed by atoms with Gasteiger partial charge in [-0.25, -0.2) is 14.4 Å². The van der Waals surface area contributed by atoms with Crippen LogP contribution >= 0.6 is 0 Å². The molecule has 4 aromatic rings. The zero-order valence-electron chi connectivity index (χ0n) is 25.0. The molecule has 43 heavy (non-hydrogen) atoms. The number of fused-ring (bicyclic) bond motifs is 1. The lowest BCUT2D eigenvalue weighted by Crippen LogP contribution is -2.12. The minimum Gasteiger partial charge on any atom is -0.454 e. The predicted molar refractivity (Wildman–Crippen MR) is 169 cm³/mol. The second-order valence-corrected chi connectivity index (χ2v) is 10.6. The van der Waals surface area contributed by atoms with Crippen LogP contribution in [0.2, 0.25) is 0 Å². The third-order valence-corrected chi connectivity index (χ3v) is 7.03. The maximum absolute atomic E-state index is 12.8. The van der Waals surface area contributed by atoms with Crippen LogP contribution in [-0.2, 0) is 19.1 Å². The van der Waals surface area contributed by atoms with Gasteiger partial charge in [0.05, 0.1) is 5.56 Å². The van der Waals surface area contributed by atoms with Crippen LogP contribution in [0.4, 0.5) is 0 Å². The Morgan fingerprint density at radius 1 is 0.698 bits per heavy atom. The first-order valence-corrected chi connectivity index (χ1v) is 14.2. The first kappa shape index (κ1) is 31.0. The summed E-state index contributed by atoms with van der Waals surface area (Å²) in [4.78, 5) is 36.7. The monoisotopic (exact) mass is 576 g/mol.